The molecular formula is C26H44O4. The molecule has 0 unspecified atom stereocenters. The largest absolute Gasteiger partial charge is 0.481 e. The molecule has 0 radical (unpaired) electrons. The lowest BCUT2D eigenvalue weighted by molar-refractivity contribution is -0.203. The van der Waals surface area contributed by atoms with E-state index < -0.39 is 42.3 Å². The van der Waals surface area contributed by atoms with Gasteiger partial charge in [0.05, 0.1) is 12.2 Å². The van der Waals surface area contributed by atoms with Gasteiger partial charge in [-0.25, -0.2) is 0 Å². The molecule has 0 aliphatic heterocycles. The molecule has 3 N–H and O–H groups in total. The standard InChI is InChI=1S/C26H44O4/c1-5-17-21-14-16(27)10-12-26(21,4)20-11-13-25(3)18(15(2)6-9-22(28)29)7-8-19(25)23(20)24(17)30/h15-21,23-24,27,30H,5-14H2,1-4H3,(H,28,29)/t15-,16-,17-,18-,19+,20+,21+,23+,24-,25-,26-/m1/s1/i10D2,14D2. The normalized spacial score (nSPS) is 56.9. The fourth-order valence-electron chi connectivity index (χ4n) is 8.75. The minimum atomic E-state index is -2.10. The van der Waals surface area contributed by atoms with Crippen LogP contribution in [0.2, 0.25) is 0 Å². The number of aliphatic hydroxyl groups is 2. The molecule has 4 rings (SSSR count). The summed E-state index contributed by atoms with van der Waals surface area (Å²) < 4.78 is 34.8. The van der Waals surface area contributed by atoms with E-state index in [-0.39, 0.29) is 41.9 Å². The smallest absolute Gasteiger partial charge is 0.303 e. The molecule has 4 aliphatic rings. The van der Waals surface area contributed by atoms with E-state index in [1.165, 1.54) is 0 Å². The zero-order chi connectivity index (χ0) is 25.4. The van der Waals surface area contributed by atoms with Crippen LogP contribution in [0.25, 0.3) is 0 Å². The molecule has 0 saturated heterocycles. The fraction of sp³-hybridized carbons (Fsp3) is 0.962. The zero-order valence-corrected chi connectivity index (χ0v) is 19.1. The van der Waals surface area contributed by atoms with Crippen LogP contribution in [-0.4, -0.2) is 33.5 Å². The number of rotatable bonds is 5. The van der Waals surface area contributed by atoms with Gasteiger partial charge in [0.2, 0.25) is 0 Å². The average Bonchev–Trinajstić information content (AvgIpc) is 3.09. The number of carboxylic acids is 1. The van der Waals surface area contributed by atoms with E-state index in [0.29, 0.717) is 24.7 Å². The number of carbonyl (C=O) groups is 1. The van der Waals surface area contributed by atoms with Crippen molar-refractivity contribution in [3.05, 3.63) is 0 Å². The molecule has 30 heavy (non-hydrogen) atoms. The molecule has 11 atom stereocenters. The first-order valence-corrected chi connectivity index (χ1v) is 12.2. The Hall–Kier alpha value is -0.610. The fourth-order valence-corrected chi connectivity index (χ4v) is 8.75. The highest BCUT2D eigenvalue weighted by Gasteiger charge is 2.64. The second kappa shape index (κ2) is 8.06. The summed E-state index contributed by atoms with van der Waals surface area (Å²) >= 11 is 0. The highest BCUT2D eigenvalue weighted by Crippen LogP contribution is 2.69. The molecule has 0 amide bonds. The van der Waals surface area contributed by atoms with Crippen LogP contribution in [0.5, 0.6) is 0 Å². The first kappa shape index (κ1) is 17.9. The predicted octanol–water partition coefficient (Wildman–Crippen LogP) is 5.11. The lowest BCUT2D eigenvalue weighted by Crippen LogP contribution is -2.62. The van der Waals surface area contributed by atoms with Crippen molar-refractivity contribution < 1.29 is 25.6 Å². The summed E-state index contributed by atoms with van der Waals surface area (Å²) in [5.41, 5.74) is -0.626. The summed E-state index contributed by atoms with van der Waals surface area (Å²) in [5, 5.41) is 31.7. The minimum Gasteiger partial charge on any atom is -0.481 e. The van der Waals surface area contributed by atoms with Gasteiger partial charge in [-0.2, -0.15) is 0 Å². The van der Waals surface area contributed by atoms with E-state index in [4.69, 9.17) is 5.48 Å². The van der Waals surface area contributed by atoms with Crippen LogP contribution in [0, 0.1) is 52.3 Å². The van der Waals surface area contributed by atoms with E-state index in [2.05, 4.69) is 13.8 Å². The van der Waals surface area contributed by atoms with E-state index in [9.17, 15) is 20.1 Å². The van der Waals surface area contributed by atoms with Crippen LogP contribution in [0.3, 0.4) is 0 Å². The monoisotopic (exact) mass is 424 g/mol. The van der Waals surface area contributed by atoms with Gasteiger partial charge in [0.25, 0.3) is 0 Å². The molecule has 0 aromatic heterocycles. The summed E-state index contributed by atoms with van der Waals surface area (Å²) in [6, 6.07) is 0. The Kier molecular flexibility index (Phi) is 4.81. The number of aliphatic hydroxyl groups excluding tert-OH is 2. The van der Waals surface area contributed by atoms with Gasteiger partial charge in [0.1, 0.15) is 0 Å². The molecule has 4 saturated carbocycles. The van der Waals surface area contributed by atoms with E-state index in [1.807, 2.05) is 13.8 Å². The third-order valence-corrected chi connectivity index (χ3v) is 10.2. The maximum absolute atomic E-state index is 11.8. The SMILES string of the molecule is [2H]C1([2H])C[C@@]2(C)[C@H]([C@@H](CC)[C@@H](O)[C@@H]3[C@@H]2CC[C@]2(C)[C@@H]([C@H](C)CCC(=O)O)CC[C@@H]32)C([2H])([2H])[C@@H]1O. The highest BCUT2D eigenvalue weighted by atomic mass is 16.4. The van der Waals surface area contributed by atoms with Crippen molar-refractivity contribution in [2.24, 2.45) is 52.3 Å². The van der Waals surface area contributed by atoms with Crippen molar-refractivity contribution in [1.82, 2.24) is 0 Å². The summed E-state index contributed by atoms with van der Waals surface area (Å²) in [5.74, 6) is -0.695. The van der Waals surface area contributed by atoms with E-state index >= 15 is 0 Å². The third-order valence-electron chi connectivity index (χ3n) is 10.2. The van der Waals surface area contributed by atoms with Crippen LogP contribution in [-0.2, 0) is 4.79 Å². The lowest BCUT2D eigenvalue weighted by Gasteiger charge is -2.64. The number of hydrogen-bond acceptors (Lipinski definition) is 3. The number of fused-ring (bicyclic) bond motifs is 5. The Bertz CT molecular complexity index is 806. The van der Waals surface area contributed by atoms with Crippen molar-refractivity contribution in [2.45, 2.75) is 104 Å². The lowest BCUT2D eigenvalue weighted by atomic mass is 9.41. The van der Waals surface area contributed by atoms with Crippen molar-refractivity contribution in [3.8, 4) is 0 Å². The summed E-state index contributed by atoms with van der Waals surface area (Å²) in [6.07, 6.45) is -1.15. The Morgan fingerprint density at radius 2 is 1.80 bits per heavy atom. The molecule has 172 valence electrons. The third kappa shape index (κ3) is 3.36. The molecular weight excluding hydrogens is 376 g/mol. The Morgan fingerprint density at radius 3 is 2.47 bits per heavy atom. The van der Waals surface area contributed by atoms with Gasteiger partial charge < -0.3 is 15.3 Å². The molecule has 4 fully saturated rings. The highest BCUT2D eigenvalue weighted by molar-refractivity contribution is 5.66. The van der Waals surface area contributed by atoms with Crippen LogP contribution >= 0.6 is 0 Å². The molecule has 4 aliphatic carbocycles. The molecule has 0 spiro atoms. The first-order chi connectivity index (χ1) is 15.6. The maximum atomic E-state index is 11.8. The van der Waals surface area contributed by atoms with Gasteiger partial charge in [0.15, 0.2) is 0 Å². The number of aliphatic carboxylic acids is 1. The predicted molar refractivity (Wildman–Crippen MR) is 118 cm³/mol. The van der Waals surface area contributed by atoms with Gasteiger partial charge in [0, 0.05) is 11.9 Å². The minimum absolute atomic E-state index is 0.00771. The molecule has 4 heteroatoms. The van der Waals surface area contributed by atoms with Crippen LogP contribution in [0.1, 0.15) is 97.3 Å². The number of hydrogen-bond donors (Lipinski definition) is 3. The van der Waals surface area contributed by atoms with E-state index in [0.717, 1.165) is 25.7 Å². The second-order valence-corrected chi connectivity index (χ2v) is 11.4. The van der Waals surface area contributed by atoms with Gasteiger partial charge in [-0.05, 0) is 104 Å². The molecule has 0 aromatic rings. The van der Waals surface area contributed by atoms with E-state index in [1.54, 1.807) is 0 Å². The van der Waals surface area contributed by atoms with Gasteiger partial charge in [-0.1, -0.05) is 34.1 Å². The quantitative estimate of drug-likeness (QED) is 0.573. The van der Waals surface area contributed by atoms with Crippen molar-refractivity contribution in [3.63, 3.8) is 0 Å². The second-order valence-electron chi connectivity index (χ2n) is 11.4. The van der Waals surface area contributed by atoms with Gasteiger partial charge in [-0.3, -0.25) is 4.79 Å². The summed E-state index contributed by atoms with van der Waals surface area (Å²) in [4.78, 5) is 11.2. The molecule has 0 heterocycles. The number of carboxylic acid groups (broad SMARTS) is 1. The Balaban J connectivity index is 1.71. The van der Waals surface area contributed by atoms with Crippen molar-refractivity contribution in [2.75, 3.05) is 0 Å². The average molecular weight is 425 g/mol. The van der Waals surface area contributed by atoms with Gasteiger partial charge in [-0.15, -0.1) is 0 Å². The van der Waals surface area contributed by atoms with Gasteiger partial charge >= 0.3 is 5.97 Å². The van der Waals surface area contributed by atoms with Crippen molar-refractivity contribution >= 4 is 5.97 Å². The Labute approximate surface area is 188 Å². The molecule has 4 nitrogen and oxygen atoms in total. The van der Waals surface area contributed by atoms with Crippen molar-refractivity contribution in [1.29, 1.82) is 0 Å². The zero-order valence-electron chi connectivity index (χ0n) is 23.1. The van der Waals surface area contributed by atoms with Crippen LogP contribution in [0.4, 0.5) is 0 Å². The Morgan fingerprint density at radius 1 is 1.10 bits per heavy atom. The molecule has 0 bridgehead atoms. The maximum Gasteiger partial charge on any atom is 0.303 e. The first-order valence-electron chi connectivity index (χ1n) is 14.2. The topological polar surface area (TPSA) is 77.8 Å². The molecule has 0 aromatic carbocycles. The van der Waals surface area contributed by atoms with Crippen LogP contribution < -0.4 is 0 Å². The summed E-state index contributed by atoms with van der Waals surface area (Å²) in [7, 11) is 0. The van der Waals surface area contributed by atoms with Crippen LogP contribution in [0.15, 0.2) is 0 Å². The summed E-state index contributed by atoms with van der Waals surface area (Å²) in [6.45, 7) is 8.51.